The molecule has 0 N–H and O–H groups in total. The average Bonchev–Trinajstić information content (AvgIpc) is 2.51. The monoisotopic (exact) mass is 167 g/mol. The number of furan rings is 1. The molecule has 0 saturated heterocycles. The van der Waals surface area contributed by atoms with Crippen LogP contribution in [-0.4, -0.2) is 11.2 Å². The van der Waals surface area contributed by atoms with Gasteiger partial charge in [-0.15, -0.1) is 0 Å². The van der Waals surface area contributed by atoms with Crippen molar-refractivity contribution >= 4 is 12.4 Å². The number of nitrogens with zero attached hydrogens (tertiary/aromatic N) is 1. The van der Waals surface area contributed by atoms with Gasteiger partial charge in [0.2, 0.25) is 6.29 Å². The zero-order valence-corrected chi connectivity index (χ0v) is 5.97. The molecule has 0 unspecified atom stereocenters. The first-order valence-electron chi connectivity index (χ1n) is 3.07. The lowest BCUT2D eigenvalue weighted by Gasteiger charge is -1.85. The summed E-state index contributed by atoms with van der Waals surface area (Å²) in [6.45, 7) is 0. The molecule has 0 radical (unpaired) electrons. The fraction of sp³-hybridized carbons (Fsp3) is 0. The zero-order valence-electron chi connectivity index (χ0n) is 5.97. The summed E-state index contributed by atoms with van der Waals surface area (Å²) in [6, 6.07) is 1.52. The second-order valence-electron chi connectivity index (χ2n) is 2.00. The molecular formula is C7H5NO4. The molecular weight excluding hydrogens is 162 g/mol. The summed E-state index contributed by atoms with van der Waals surface area (Å²) in [5.74, 6) is 0. The third-order valence-electron chi connectivity index (χ3n) is 1.19. The Bertz CT molecular complexity index is 312. The van der Waals surface area contributed by atoms with E-state index in [-0.39, 0.29) is 6.29 Å². The van der Waals surface area contributed by atoms with Crippen LogP contribution in [0.25, 0.3) is 6.08 Å². The SMILES string of the molecule is O=CC(=Cc1ccoc1)[N+](=O)[O-]. The molecule has 0 aliphatic heterocycles. The second kappa shape index (κ2) is 3.47. The standard InChI is InChI=1S/C7H5NO4/c9-4-7(8(10)11)3-6-1-2-12-5-6/h1-5H. The van der Waals surface area contributed by atoms with E-state index >= 15 is 0 Å². The van der Waals surface area contributed by atoms with Crippen molar-refractivity contribution in [3.63, 3.8) is 0 Å². The molecule has 1 rings (SSSR count). The van der Waals surface area contributed by atoms with E-state index in [2.05, 4.69) is 4.42 Å². The first-order chi connectivity index (χ1) is 5.74. The smallest absolute Gasteiger partial charge is 0.309 e. The van der Waals surface area contributed by atoms with Crippen molar-refractivity contribution in [2.24, 2.45) is 0 Å². The molecule has 1 aromatic rings. The average molecular weight is 167 g/mol. The quantitative estimate of drug-likeness (QED) is 0.292. The van der Waals surface area contributed by atoms with Gasteiger partial charge in [-0.2, -0.15) is 0 Å². The fourth-order valence-corrected chi connectivity index (χ4v) is 0.658. The number of carbonyl (C=O) groups excluding carboxylic acids is 1. The lowest BCUT2D eigenvalue weighted by molar-refractivity contribution is -0.415. The van der Waals surface area contributed by atoms with Crippen LogP contribution >= 0.6 is 0 Å². The normalized spacial score (nSPS) is 11.2. The molecule has 1 aromatic heterocycles. The lowest BCUT2D eigenvalue weighted by Crippen LogP contribution is -1.98. The van der Waals surface area contributed by atoms with Crippen LogP contribution in [0.15, 0.2) is 28.7 Å². The highest BCUT2D eigenvalue weighted by atomic mass is 16.6. The van der Waals surface area contributed by atoms with Crippen molar-refractivity contribution in [2.75, 3.05) is 0 Å². The van der Waals surface area contributed by atoms with Crippen LogP contribution in [0.4, 0.5) is 0 Å². The molecule has 0 saturated carbocycles. The summed E-state index contributed by atoms with van der Waals surface area (Å²) in [6.07, 6.45) is 4.00. The van der Waals surface area contributed by atoms with E-state index in [1.165, 1.54) is 18.6 Å². The van der Waals surface area contributed by atoms with Crippen molar-refractivity contribution in [1.29, 1.82) is 0 Å². The summed E-state index contributed by atoms with van der Waals surface area (Å²) < 4.78 is 4.66. The first-order valence-corrected chi connectivity index (χ1v) is 3.07. The lowest BCUT2D eigenvalue weighted by atomic mass is 10.3. The molecule has 0 spiro atoms. The van der Waals surface area contributed by atoms with Crippen LogP contribution < -0.4 is 0 Å². The van der Waals surface area contributed by atoms with E-state index in [1.54, 1.807) is 0 Å². The molecule has 0 fully saturated rings. The van der Waals surface area contributed by atoms with Gasteiger partial charge < -0.3 is 4.42 Å². The van der Waals surface area contributed by atoms with Gasteiger partial charge in [0, 0.05) is 11.6 Å². The van der Waals surface area contributed by atoms with Crippen LogP contribution in [0.1, 0.15) is 5.56 Å². The van der Waals surface area contributed by atoms with Crippen molar-refractivity contribution < 1.29 is 14.1 Å². The van der Waals surface area contributed by atoms with Crippen LogP contribution in [0, 0.1) is 10.1 Å². The summed E-state index contributed by atoms with van der Waals surface area (Å²) in [5, 5.41) is 10.1. The number of carbonyl (C=O) groups is 1. The molecule has 1 heterocycles. The number of rotatable bonds is 3. The largest absolute Gasteiger partial charge is 0.472 e. The third kappa shape index (κ3) is 1.79. The minimum atomic E-state index is -0.750. The van der Waals surface area contributed by atoms with Crippen molar-refractivity contribution in [3.8, 4) is 0 Å². The van der Waals surface area contributed by atoms with Gasteiger partial charge in [0.25, 0.3) is 0 Å². The van der Waals surface area contributed by atoms with Gasteiger partial charge in [-0.05, 0) is 6.07 Å². The van der Waals surface area contributed by atoms with Crippen LogP contribution in [0.5, 0.6) is 0 Å². The maximum absolute atomic E-state index is 10.1. The van der Waals surface area contributed by atoms with Crippen molar-refractivity contribution in [2.45, 2.75) is 0 Å². The van der Waals surface area contributed by atoms with Gasteiger partial charge in [-0.25, -0.2) is 0 Å². The van der Waals surface area contributed by atoms with Gasteiger partial charge in [0.15, 0.2) is 0 Å². The van der Waals surface area contributed by atoms with Crippen LogP contribution in [0.2, 0.25) is 0 Å². The number of hydrogen-bond donors (Lipinski definition) is 0. The predicted octanol–water partition coefficient (Wildman–Crippen LogP) is 1.10. The molecule has 0 bridgehead atoms. The van der Waals surface area contributed by atoms with Gasteiger partial charge in [-0.1, -0.05) is 0 Å². The Morgan fingerprint density at radius 2 is 2.42 bits per heavy atom. The minimum Gasteiger partial charge on any atom is -0.472 e. The Kier molecular flexibility index (Phi) is 2.37. The number of allylic oxidation sites excluding steroid dienone is 1. The highest BCUT2D eigenvalue weighted by Crippen LogP contribution is 2.05. The Morgan fingerprint density at radius 1 is 1.67 bits per heavy atom. The molecule has 0 atom stereocenters. The molecule has 12 heavy (non-hydrogen) atoms. The van der Waals surface area contributed by atoms with Crippen LogP contribution in [0.3, 0.4) is 0 Å². The number of hydrogen-bond acceptors (Lipinski definition) is 4. The molecule has 0 aromatic carbocycles. The van der Waals surface area contributed by atoms with E-state index in [0.29, 0.717) is 5.56 Å². The van der Waals surface area contributed by atoms with E-state index in [9.17, 15) is 14.9 Å². The van der Waals surface area contributed by atoms with Crippen molar-refractivity contribution in [1.82, 2.24) is 0 Å². The van der Waals surface area contributed by atoms with Crippen LogP contribution in [-0.2, 0) is 4.79 Å². The van der Waals surface area contributed by atoms with E-state index in [1.807, 2.05) is 0 Å². The van der Waals surface area contributed by atoms with E-state index in [4.69, 9.17) is 0 Å². The zero-order chi connectivity index (χ0) is 8.97. The Labute approximate surface area is 67.4 Å². The Morgan fingerprint density at radius 3 is 2.83 bits per heavy atom. The molecule has 62 valence electrons. The highest BCUT2D eigenvalue weighted by Gasteiger charge is 2.08. The number of nitro groups is 1. The summed E-state index contributed by atoms with van der Waals surface area (Å²) in [7, 11) is 0. The van der Waals surface area contributed by atoms with E-state index < -0.39 is 10.6 Å². The van der Waals surface area contributed by atoms with Gasteiger partial charge >= 0.3 is 5.70 Å². The van der Waals surface area contributed by atoms with Gasteiger partial charge in [0.05, 0.1) is 17.4 Å². The maximum Gasteiger partial charge on any atom is 0.309 e. The Balaban J connectivity index is 2.93. The Hall–Kier alpha value is -1.91. The molecule has 0 amide bonds. The molecule has 0 aliphatic rings. The summed E-state index contributed by atoms with van der Waals surface area (Å²) >= 11 is 0. The first kappa shape index (κ1) is 8.19. The predicted molar refractivity (Wildman–Crippen MR) is 39.7 cm³/mol. The van der Waals surface area contributed by atoms with Gasteiger partial charge in [0.1, 0.15) is 0 Å². The topological polar surface area (TPSA) is 73.3 Å². The fourth-order valence-electron chi connectivity index (χ4n) is 0.658. The van der Waals surface area contributed by atoms with E-state index in [0.717, 1.165) is 6.08 Å². The summed E-state index contributed by atoms with van der Waals surface area (Å²) in [4.78, 5) is 19.5. The maximum atomic E-state index is 10.1. The molecule has 5 heteroatoms. The minimum absolute atomic E-state index is 0.187. The summed E-state index contributed by atoms with van der Waals surface area (Å²) in [5.41, 5.74) is 0.00481. The van der Waals surface area contributed by atoms with Crippen molar-refractivity contribution in [3.05, 3.63) is 40.0 Å². The number of aldehydes is 1. The molecule has 0 aliphatic carbocycles. The van der Waals surface area contributed by atoms with Gasteiger partial charge in [-0.3, -0.25) is 14.9 Å². The third-order valence-corrected chi connectivity index (χ3v) is 1.19. The molecule has 5 nitrogen and oxygen atoms in total. The highest BCUT2D eigenvalue weighted by molar-refractivity contribution is 5.78. The second-order valence-corrected chi connectivity index (χ2v) is 2.00.